The number of hydrogen-bond acceptors (Lipinski definition) is 5. The molecule has 0 bridgehead atoms. The van der Waals surface area contributed by atoms with Gasteiger partial charge in [0.2, 0.25) is 10.0 Å². The first-order chi connectivity index (χ1) is 11.6. The van der Waals surface area contributed by atoms with E-state index in [0.717, 1.165) is 4.88 Å². The maximum absolute atomic E-state index is 13.2. The first-order valence-electron chi connectivity index (χ1n) is 7.48. The van der Waals surface area contributed by atoms with Gasteiger partial charge in [-0.1, -0.05) is 12.1 Å². The zero-order valence-corrected chi connectivity index (χ0v) is 14.9. The van der Waals surface area contributed by atoms with Gasteiger partial charge in [-0.25, -0.2) is 8.42 Å². The standard InChI is InChI=1S/C17H18N2O3S2/c1-22-11-10-19(13-14-5-4-12-23-14)24(20,21)17-8-2-7-16-15(17)6-3-9-18-16/h2-9,12H,10-11,13H2,1H3. The summed E-state index contributed by atoms with van der Waals surface area (Å²) in [6.45, 7) is 0.973. The number of sulfonamides is 1. The molecule has 3 aromatic rings. The molecular formula is C17H18N2O3S2. The Morgan fingerprint density at radius 1 is 1.17 bits per heavy atom. The fourth-order valence-corrected chi connectivity index (χ4v) is 4.90. The van der Waals surface area contributed by atoms with Gasteiger partial charge in [0.05, 0.1) is 17.0 Å². The first kappa shape index (κ1) is 17.0. The van der Waals surface area contributed by atoms with Crippen LogP contribution in [0.5, 0.6) is 0 Å². The van der Waals surface area contributed by atoms with E-state index in [-0.39, 0.29) is 4.90 Å². The number of aromatic nitrogens is 1. The number of thiophene rings is 1. The van der Waals surface area contributed by atoms with Crippen LogP contribution in [0.2, 0.25) is 0 Å². The zero-order valence-electron chi connectivity index (χ0n) is 13.3. The van der Waals surface area contributed by atoms with Crippen molar-refractivity contribution in [2.24, 2.45) is 0 Å². The van der Waals surface area contributed by atoms with E-state index in [1.165, 1.54) is 4.31 Å². The molecule has 0 N–H and O–H groups in total. The maximum atomic E-state index is 13.2. The Bertz CT molecular complexity index is 903. The van der Waals surface area contributed by atoms with E-state index in [4.69, 9.17) is 4.74 Å². The second-order valence-corrected chi connectivity index (χ2v) is 8.18. The number of hydrogen-bond donors (Lipinski definition) is 0. The number of fused-ring (bicyclic) bond motifs is 1. The highest BCUT2D eigenvalue weighted by Gasteiger charge is 2.26. The van der Waals surface area contributed by atoms with Crippen molar-refractivity contribution in [2.45, 2.75) is 11.4 Å². The molecule has 24 heavy (non-hydrogen) atoms. The SMILES string of the molecule is COCCN(Cc1cccs1)S(=O)(=O)c1cccc2ncccc12. The molecular weight excluding hydrogens is 344 g/mol. The van der Waals surface area contributed by atoms with E-state index in [1.54, 1.807) is 48.9 Å². The second kappa shape index (κ2) is 7.40. The Hall–Kier alpha value is -1.80. The van der Waals surface area contributed by atoms with Crippen molar-refractivity contribution in [2.75, 3.05) is 20.3 Å². The lowest BCUT2D eigenvalue weighted by atomic mass is 10.2. The van der Waals surface area contributed by atoms with Crippen LogP contribution >= 0.6 is 11.3 Å². The van der Waals surface area contributed by atoms with Crippen LogP contribution in [-0.4, -0.2) is 38.0 Å². The molecule has 3 rings (SSSR count). The average Bonchev–Trinajstić information content (AvgIpc) is 3.11. The molecule has 0 aliphatic carbocycles. The summed E-state index contributed by atoms with van der Waals surface area (Å²) in [6, 6.07) is 12.6. The second-order valence-electron chi connectivity index (χ2n) is 5.24. The molecule has 126 valence electrons. The van der Waals surface area contributed by atoms with Crippen LogP contribution in [0, 0.1) is 0 Å². The number of ether oxygens (including phenoxy) is 1. The summed E-state index contributed by atoms with van der Waals surface area (Å²) in [4.78, 5) is 5.52. The van der Waals surface area contributed by atoms with Gasteiger partial charge in [-0.15, -0.1) is 11.3 Å². The Labute approximate surface area is 145 Å². The Balaban J connectivity index is 2.03. The molecule has 5 nitrogen and oxygen atoms in total. The number of pyridine rings is 1. The minimum absolute atomic E-state index is 0.278. The lowest BCUT2D eigenvalue weighted by molar-refractivity contribution is 0.177. The molecule has 0 aliphatic rings. The van der Waals surface area contributed by atoms with Gasteiger partial charge < -0.3 is 4.74 Å². The van der Waals surface area contributed by atoms with Crippen LogP contribution in [0.1, 0.15) is 4.88 Å². The molecule has 0 fully saturated rings. The number of rotatable bonds is 7. The summed E-state index contributed by atoms with van der Waals surface area (Å²) >= 11 is 1.54. The van der Waals surface area contributed by atoms with Crippen LogP contribution in [0.4, 0.5) is 0 Å². The van der Waals surface area contributed by atoms with Crippen molar-refractivity contribution < 1.29 is 13.2 Å². The normalized spacial score (nSPS) is 12.1. The molecule has 0 spiro atoms. The van der Waals surface area contributed by atoms with Gasteiger partial charge in [0.1, 0.15) is 0 Å². The van der Waals surface area contributed by atoms with Crippen LogP contribution in [0.25, 0.3) is 10.9 Å². The predicted octanol–water partition coefficient (Wildman–Crippen LogP) is 3.13. The number of nitrogens with zero attached hydrogens (tertiary/aromatic N) is 2. The first-order valence-corrected chi connectivity index (χ1v) is 9.80. The topological polar surface area (TPSA) is 59.5 Å². The average molecular weight is 362 g/mol. The molecule has 0 atom stereocenters. The van der Waals surface area contributed by atoms with Gasteiger partial charge in [0, 0.05) is 36.7 Å². The molecule has 0 amide bonds. The number of benzene rings is 1. The summed E-state index contributed by atoms with van der Waals surface area (Å²) < 4.78 is 33.0. The molecule has 0 radical (unpaired) electrons. The lowest BCUT2D eigenvalue weighted by Gasteiger charge is -2.22. The van der Waals surface area contributed by atoms with Crippen LogP contribution in [0.15, 0.2) is 58.9 Å². The fraction of sp³-hybridized carbons (Fsp3) is 0.235. The minimum atomic E-state index is -3.66. The molecule has 0 unspecified atom stereocenters. The largest absolute Gasteiger partial charge is 0.383 e. The summed E-state index contributed by atoms with van der Waals surface area (Å²) in [7, 11) is -2.09. The summed E-state index contributed by atoms with van der Waals surface area (Å²) in [5.74, 6) is 0. The predicted molar refractivity (Wildman–Crippen MR) is 95.5 cm³/mol. The van der Waals surface area contributed by atoms with Crippen molar-refractivity contribution in [3.05, 3.63) is 58.9 Å². The summed E-state index contributed by atoms with van der Waals surface area (Å²) in [5, 5.41) is 2.58. The van der Waals surface area contributed by atoms with Crippen LogP contribution < -0.4 is 0 Å². The van der Waals surface area contributed by atoms with E-state index in [2.05, 4.69) is 4.98 Å². The Morgan fingerprint density at radius 3 is 2.79 bits per heavy atom. The molecule has 0 saturated heterocycles. The molecule has 2 heterocycles. The van der Waals surface area contributed by atoms with Gasteiger partial charge in [-0.05, 0) is 35.7 Å². The van der Waals surface area contributed by atoms with Crippen molar-refractivity contribution in [1.82, 2.24) is 9.29 Å². The van der Waals surface area contributed by atoms with Crippen LogP contribution in [0.3, 0.4) is 0 Å². The highest BCUT2D eigenvalue weighted by atomic mass is 32.2. The molecule has 2 aromatic heterocycles. The van der Waals surface area contributed by atoms with E-state index >= 15 is 0 Å². The molecule has 0 aliphatic heterocycles. The van der Waals surface area contributed by atoms with Crippen LogP contribution in [-0.2, 0) is 21.3 Å². The molecule has 0 saturated carbocycles. The Morgan fingerprint density at radius 2 is 2.04 bits per heavy atom. The van der Waals surface area contributed by atoms with Gasteiger partial charge in [0.25, 0.3) is 0 Å². The highest BCUT2D eigenvalue weighted by molar-refractivity contribution is 7.89. The van der Waals surface area contributed by atoms with Gasteiger partial charge >= 0.3 is 0 Å². The van der Waals surface area contributed by atoms with E-state index in [0.29, 0.717) is 30.6 Å². The van der Waals surface area contributed by atoms with E-state index in [1.807, 2.05) is 23.6 Å². The fourth-order valence-electron chi connectivity index (χ4n) is 2.49. The van der Waals surface area contributed by atoms with Crippen molar-refractivity contribution in [3.63, 3.8) is 0 Å². The zero-order chi connectivity index (χ0) is 17.0. The van der Waals surface area contributed by atoms with Crippen molar-refractivity contribution >= 4 is 32.3 Å². The van der Waals surface area contributed by atoms with Gasteiger partial charge in [0.15, 0.2) is 0 Å². The maximum Gasteiger partial charge on any atom is 0.244 e. The minimum Gasteiger partial charge on any atom is -0.383 e. The van der Waals surface area contributed by atoms with Crippen molar-refractivity contribution in [1.29, 1.82) is 0 Å². The van der Waals surface area contributed by atoms with Gasteiger partial charge in [-0.3, -0.25) is 4.98 Å². The lowest BCUT2D eigenvalue weighted by Crippen LogP contribution is -2.33. The van der Waals surface area contributed by atoms with E-state index < -0.39 is 10.0 Å². The third-order valence-electron chi connectivity index (χ3n) is 3.68. The summed E-state index contributed by atoms with van der Waals surface area (Å²) in [5.41, 5.74) is 0.668. The highest BCUT2D eigenvalue weighted by Crippen LogP contribution is 2.26. The third kappa shape index (κ3) is 3.49. The Kier molecular flexibility index (Phi) is 5.25. The molecule has 7 heteroatoms. The number of methoxy groups -OCH3 is 1. The molecule has 1 aromatic carbocycles. The van der Waals surface area contributed by atoms with Crippen molar-refractivity contribution in [3.8, 4) is 0 Å². The quantitative estimate of drug-likeness (QED) is 0.648. The van der Waals surface area contributed by atoms with Gasteiger partial charge in [-0.2, -0.15) is 4.31 Å². The summed E-state index contributed by atoms with van der Waals surface area (Å²) in [6.07, 6.45) is 1.66. The third-order valence-corrected chi connectivity index (χ3v) is 6.45. The monoisotopic (exact) mass is 362 g/mol. The smallest absolute Gasteiger partial charge is 0.244 e. The van der Waals surface area contributed by atoms with E-state index in [9.17, 15) is 8.42 Å².